The second kappa shape index (κ2) is 6.30. The summed E-state index contributed by atoms with van der Waals surface area (Å²) in [4.78, 5) is -1.81. The minimum atomic E-state index is -5.96. The zero-order valence-electron chi connectivity index (χ0n) is 12.5. The van der Waals surface area contributed by atoms with Crippen LogP contribution in [0.1, 0.15) is 5.56 Å². The summed E-state index contributed by atoms with van der Waals surface area (Å²) in [5.41, 5.74) is -5.88. The molecule has 5 nitrogen and oxygen atoms in total. The molecule has 0 aromatic heterocycles. The zero-order chi connectivity index (χ0) is 19.0. The summed E-state index contributed by atoms with van der Waals surface area (Å²) in [7, 11) is -10.3. The van der Waals surface area contributed by atoms with Gasteiger partial charge in [-0.05, 0) is 37.3 Å². The van der Waals surface area contributed by atoms with Crippen LogP contribution in [-0.4, -0.2) is 22.3 Å². The average Bonchev–Trinajstić information content (AvgIpc) is 2.48. The third kappa shape index (κ3) is 3.93. The van der Waals surface area contributed by atoms with E-state index in [-0.39, 0.29) is 11.0 Å². The summed E-state index contributed by atoms with van der Waals surface area (Å²) in [6, 6.07) is 6.65. The Kier molecular flexibility index (Phi) is 4.83. The van der Waals surface area contributed by atoms with Crippen molar-refractivity contribution >= 4 is 25.5 Å². The molecule has 0 atom stereocenters. The van der Waals surface area contributed by atoms with Crippen LogP contribution in [0.3, 0.4) is 0 Å². The second-order valence-electron chi connectivity index (χ2n) is 5.01. The third-order valence-corrected chi connectivity index (χ3v) is 6.02. The second-order valence-corrected chi connectivity index (χ2v) is 8.60. The summed E-state index contributed by atoms with van der Waals surface area (Å²) >= 11 is 0. The van der Waals surface area contributed by atoms with E-state index in [1.54, 1.807) is 11.6 Å². The summed E-state index contributed by atoms with van der Waals surface area (Å²) < 4.78 is 101. The fourth-order valence-electron chi connectivity index (χ4n) is 1.85. The summed E-state index contributed by atoms with van der Waals surface area (Å²) in [6.07, 6.45) is 0. The van der Waals surface area contributed by atoms with Crippen molar-refractivity contribution in [2.75, 3.05) is 4.72 Å². The van der Waals surface area contributed by atoms with Gasteiger partial charge < -0.3 is 0 Å². The standard InChI is InChI=1S/C14H11F4NO4S2/c1-9-2-5-11(6-3-9)25(22,23)19-12-7-4-10(15)8-13(12)24(20,21)14(16,17)18/h2-8,19H,1H3. The Balaban J connectivity index is 2.56. The highest BCUT2D eigenvalue weighted by atomic mass is 32.2. The Labute approximate surface area is 141 Å². The summed E-state index contributed by atoms with van der Waals surface area (Å²) in [6.45, 7) is 1.69. The van der Waals surface area contributed by atoms with E-state index >= 15 is 0 Å². The average molecular weight is 397 g/mol. The molecule has 0 amide bonds. The normalized spacial score (nSPS) is 12.8. The zero-order valence-corrected chi connectivity index (χ0v) is 14.1. The molecule has 0 aliphatic carbocycles. The maximum Gasteiger partial charge on any atom is 0.501 e. The molecule has 0 unspecified atom stereocenters. The largest absolute Gasteiger partial charge is 0.501 e. The van der Waals surface area contributed by atoms with Crippen molar-refractivity contribution in [3.8, 4) is 0 Å². The van der Waals surface area contributed by atoms with Gasteiger partial charge in [0, 0.05) is 0 Å². The van der Waals surface area contributed by atoms with Gasteiger partial charge in [-0.2, -0.15) is 13.2 Å². The number of nitrogens with one attached hydrogen (secondary N) is 1. The molecule has 2 rings (SSSR count). The van der Waals surface area contributed by atoms with Gasteiger partial charge in [-0.15, -0.1) is 0 Å². The number of anilines is 1. The van der Waals surface area contributed by atoms with E-state index in [2.05, 4.69) is 0 Å². The molecular weight excluding hydrogens is 386 g/mol. The van der Waals surface area contributed by atoms with E-state index in [0.29, 0.717) is 12.1 Å². The fourth-order valence-corrected chi connectivity index (χ4v) is 3.92. The summed E-state index contributed by atoms with van der Waals surface area (Å²) in [5.74, 6) is -1.26. The number of benzene rings is 2. The van der Waals surface area contributed by atoms with E-state index in [1.165, 1.54) is 24.3 Å². The van der Waals surface area contributed by atoms with Crippen molar-refractivity contribution in [3.05, 3.63) is 53.8 Å². The van der Waals surface area contributed by atoms with E-state index in [9.17, 15) is 34.4 Å². The van der Waals surface area contributed by atoms with Crippen LogP contribution in [0.25, 0.3) is 0 Å². The number of halogens is 4. The molecular formula is C14H11F4NO4S2. The lowest BCUT2D eigenvalue weighted by Gasteiger charge is -2.14. The molecule has 2 aromatic rings. The van der Waals surface area contributed by atoms with Gasteiger partial charge in [0.15, 0.2) is 0 Å². The lowest BCUT2D eigenvalue weighted by molar-refractivity contribution is -0.0435. The highest BCUT2D eigenvalue weighted by Crippen LogP contribution is 2.35. The van der Waals surface area contributed by atoms with E-state index < -0.39 is 41.8 Å². The molecule has 0 aliphatic rings. The maximum absolute atomic E-state index is 13.3. The Bertz CT molecular complexity index is 998. The Hall–Kier alpha value is -2.14. The minimum Gasteiger partial charge on any atom is -0.278 e. The van der Waals surface area contributed by atoms with Crippen molar-refractivity contribution in [3.63, 3.8) is 0 Å². The van der Waals surface area contributed by atoms with Crippen LogP contribution in [0, 0.1) is 12.7 Å². The quantitative estimate of drug-likeness (QED) is 0.804. The predicted molar refractivity (Wildman–Crippen MR) is 81.6 cm³/mol. The van der Waals surface area contributed by atoms with Crippen molar-refractivity contribution in [1.82, 2.24) is 0 Å². The van der Waals surface area contributed by atoms with Crippen molar-refractivity contribution < 1.29 is 34.4 Å². The van der Waals surface area contributed by atoms with Gasteiger partial charge in [0.25, 0.3) is 19.9 Å². The molecule has 0 fully saturated rings. The van der Waals surface area contributed by atoms with Gasteiger partial charge in [0.05, 0.1) is 10.6 Å². The molecule has 2 aromatic carbocycles. The number of sulfonamides is 1. The smallest absolute Gasteiger partial charge is 0.278 e. The van der Waals surface area contributed by atoms with Crippen LogP contribution < -0.4 is 4.72 Å². The molecule has 0 radical (unpaired) electrons. The van der Waals surface area contributed by atoms with Crippen LogP contribution >= 0.6 is 0 Å². The van der Waals surface area contributed by atoms with Crippen molar-refractivity contribution in [2.45, 2.75) is 22.2 Å². The first-order chi connectivity index (χ1) is 11.3. The SMILES string of the molecule is Cc1ccc(S(=O)(=O)Nc2ccc(F)cc2S(=O)(=O)C(F)(F)F)cc1. The van der Waals surface area contributed by atoms with Crippen LogP contribution in [0.5, 0.6) is 0 Å². The molecule has 0 saturated carbocycles. The molecule has 11 heteroatoms. The van der Waals surface area contributed by atoms with Gasteiger partial charge in [-0.1, -0.05) is 17.7 Å². The molecule has 0 saturated heterocycles. The van der Waals surface area contributed by atoms with Crippen LogP contribution in [0.4, 0.5) is 23.2 Å². The highest BCUT2D eigenvalue weighted by molar-refractivity contribution is 7.93. The third-order valence-electron chi connectivity index (χ3n) is 3.11. The van der Waals surface area contributed by atoms with E-state index in [4.69, 9.17) is 0 Å². The van der Waals surface area contributed by atoms with Crippen LogP contribution in [0.2, 0.25) is 0 Å². The lowest BCUT2D eigenvalue weighted by atomic mass is 10.2. The van der Waals surface area contributed by atoms with Gasteiger partial charge in [-0.25, -0.2) is 21.2 Å². The highest BCUT2D eigenvalue weighted by Gasteiger charge is 2.48. The number of sulfone groups is 1. The lowest BCUT2D eigenvalue weighted by Crippen LogP contribution is -2.25. The number of hydrogen-bond acceptors (Lipinski definition) is 4. The molecule has 1 N–H and O–H groups in total. The van der Waals surface area contributed by atoms with Gasteiger partial charge in [-0.3, -0.25) is 4.72 Å². The minimum absolute atomic E-state index is 0.107. The number of hydrogen-bond donors (Lipinski definition) is 1. The van der Waals surface area contributed by atoms with Crippen molar-refractivity contribution in [1.29, 1.82) is 0 Å². The first kappa shape index (κ1) is 19.2. The maximum atomic E-state index is 13.3. The Morgan fingerprint density at radius 2 is 1.48 bits per heavy atom. The van der Waals surface area contributed by atoms with Crippen LogP contribution in [-0.2, 0) is 19.9 Å². The van der Waals surface area contributed by atoms with E-state index in [1.807, 2.05) is 0 Å². The predicted octanol–water partition coefficient (Wildman–Crippen LogP) is 3.23. The van der Waals surface area contributed by atoms with Crippen LogP contribution in [0.15, 0.2) is 52.3 Å². The fraction of sp³-hybridized carbons (Fsp3) is 0.143. The first-order valence-corrected chi connectivity index (χ1v) is 9.51. The first-order valence-electron chi connectivity index (χ1n) is 6.55. The monoisotopic (exact) mass is 397 g/mol. The Morgan fingerprint density at radius 3 is 2.00 bits per heavy atom. The molecule has 0 heterocycles. The van der Waals surface area contributed by atoms with Gasteiger partial charge >= 0.3 is 5.51 Å². The molecule has 25 heavy (non-hydrogen) atoms. The summed E-state index contributed by atoms with van der Waals surface area (Å²) in [5, 5.41) is 0. The van der Waals surface area contributed by atoms with Crippen molar-refractivity contribution in [2.24, 2.45) is 0 Å². The van der Waals surface area contributed by atoms with Gasteiger partial charge in [0.2, 0.25) is 0 Å². The topological polar surface area (TPSA) is 80.3 Å². The molecule has 0 spiro atoms. The van der Waals surface area contributed by atoms with E-state index in [0.717, 1.165) is 5.56 Å². The number of alkyl halides is 3. The Morgan fingerprint density at radius 1 is 0.920 bits per heavy atom. The molecule has 136 valence electrons. The molecule has 0 aliphatic heterocycles. The number of rotatable bonds is 4. The van der Waals surface area contributed by atoms with Gasteiger partial charge in [0.1, 0.15) is 10.7 Å². The molecule has 0 bridgehead atoms. The number of aryl methyl sites for hydroxylation is 1.